The Hall–Kier alpha value is -1.03. The van der Waals surface area contributed by atoms with E-state index in [0.29, 0.717) is 16.0 Å². The quantitative estimate of drug-likeness (QED) is 0.848. The molecular formula is C16H21Cl2N3. The van der Waals surface area contributed by atoms with Crippen molar-refractivity contribution in [1.29, 1.82) is 0 Å². The van der Waals surface area contributed by atoms with Gasteiger partial charge in [-0.2, -0.15) is 5.10 Å². The van der Waals surface area contributed by atoms with Crippen LogP contribution in [0, 0.1) is 5.92 Å². The van der Waals surface area contributed by atoms with Gasteiger partial charge in [0, 0.05) is 17.8 Å². The number of hydrogen-bond donors (Lipinski definition) is 1. The summed E-state index contributed by atoms with van der Waals surface area (Å²) in [4.78, 5) is 0. The highest BCUT2D eigenvalue weighted by Gasteiger charge is 2.11. The third kappa shape index (κ3) is 4.00. The van der Waals surface area contributed by atoms with Crippen LogP contribution in [0.4, 0.5) is 0 Å². The highest BCUT2D eigenvalue weighted by atomic mass is 35.5. The standard InChI is InChI=1S/C16H21Cl2N3/c1-4-16-12(9-19-8-11(2)3)10-20-21(16)13-5-6-14(17)15(18)7-13/h5-7,10-11,19H,4,8-9H2,1-3H3. The Labute approximate surface area is 136 Å². The van der Waals surface area contributed by atoms with Gasteiger partial charge in [0.2, 0.25) is 0 Å². The van der Waals surface area contributed by atoms with Crippen LogP contribution in [0.25, 0.3) is 5.69 Å². The van der Waals surface area contributed by atoms with Gasteiger partial charge in [-0.1, -0.05) is 44.0 Å². The smallest absolute Gasteiger partial charge is 0.0664 e. The molecule has 0 atom stereocenters. The Morgan fingerprint density at radius 3 is 2.62 bits per heavy atom. The molecule has 0 aliphatic rings. The minimum atomic E-state index is 0.547. The summed E-state index contributed by atoms with van der Waals surface area (Å²) in [6, 6.07) is 5.59. The molecule has 0 bridgehead atoms. The Balaban J connectivity index is 2.24. The van der Waals surface area contributed by atoms with E-state index in [1.807, 2.05) is 23.0 Å². The van der Waals surface area contributed by atoms with Gasteiger partial charge in [0.1, 0.15) is 0 Å². The second-order valence-electron chi connectivity index (χ2n) is 5.51. The van der Waals surface area contributed by atoms with Crippen molar-refractivity contribution in [2.24, 2.45) is 5.92 Å². The molecule has 0 saturated carbocycles. The van der Waals surface area contributed by atoms with E-state index in [0.717, 1.165) is 25.2 Å². The van der Waals surface area contributed by atoms with Crippen LogP contribution in [-0.2, 0) is 13.0 Å². The lowest BCUT2D eigenvalue weighted by Crippen LogP contribution is -2.19. The van der Waals surface area contributed by atoms with E-state index in [1.165, 1.54) is 11.3 Å². The maximum absolute atomic E-state index is 6.10. The topological polar surface area (TPSA) is 29.9 Å². The summed E-state index contributed by atoms with van der Waals surface area (Å²) in [7, 11) is 0. The number of hydrogen-bond acceptors (Lipinski definition) is 2. The first kappa shape index (κ1) is 16.3. The molecular weight excluding hydrogens is 305 g/mol. The van der Waals surface area contributed by atoms with Crippen LogP contribution in [0.5, 0.6) is 0 Å². The summed E-state index contributed by atoms with van der Waals surface area (Å²) in [6.07, 6.45) is 2.84. The van der Waals surface area contributed by atoms with E-state index in [4.69, 9.17) is 23.2 Å². The first-order valence-corrected chi connectivity index (χ1v) is 8.00. The van der Waals surface area contributed by atoms with Crippen molar-refractivity contribution < 1.29 is 0 Å². The van der Waals surface area contributed by atoms with Crippen molar-refractivity contribution in [2.75, 3.05) is 6.54 Å². The molecule has 2 aromatic rings. The maximum atomic E-state index is 6.10. The van der Waals surface area contributed by atoms with Crippen LogP contribution in [0.1, 0.15) is 32.0 Å². The number of halogens is 2. The Bertz CT molecular complexity index is 606. The number of nitrogens with one attached hydrogen (secondary N) is 1. The largest absolute Gasteiger partial charge is 0.312 e. The molecule has 0 radical (unpaired) electrons. The molecule has 0 aliphatic carbocycles. The minimum absolute atomic E-state index is 0.547. The van der Waals surface area contributed by atoms with Crippen LogP contribution in [0.2, 0.25) is 10.0 Å². The van der Waals surface area contributed by atoms with E-state index in [-0.39, 0.29) is 0 Å². The SMILES string of the molecule is CCc1c(CNCC(C)C)cnn1-c1ccc(Cl)c(Cl)c1. The number of aromatic nitrogens is 2. The fraction of sp³-hybridized carbons (Fsp3) is 0.438. The monoisotopic (exact) mass is 325 g/mol. The average molecular weight is 326 g/mol. The van der Waals surface area contributed by atoms with Crippen molar-refractivity contribution in [1.82, 2.24) is 15.1 Å². The predicted molar refractivity (Wildman–Crippen MR) is 89.5 cm³/mol. The van der Waals surface area contributed by atoms with Crippen molar-refractivity contribution in [3.8, 4) is 5.69 Å². The highest BCUT2D eigenvalue weighted by molar-refractivity contribution is 6.42. The Morgan fingerprint density at radius 1 is 1.24 bits per heavy atom. The molecule has 3 nitrogen and oxygen atoms in total. The summed E-state index contributed by atoms with van der Waals surface area (Å²) < 4.78 is 1.94. The second kappa shape index (κ2) is 7.30. The van der Waals surface area contributed by atoms with Gasteiger partial charge < -0.3 is 5.32 Å². The normalized spacial score (nSPS) is 11.3. The van der Waals surface area contributed by atoms with Crippen LogP contribution < -0.4 is 5.32 Å². The van der Waals surface area contributed by atoms with Gasteiger partial charge in [0.05, 0.1) is 21.9 Å². The lowest BCUT2D eigenvalue weighted by atomic mass is 10.2. The molecule has 0 fully saturated rings. The lowest BCUT2D eigenvalue weighted by molar-refractivity contribution is 0.551. The van der Waals surface area contributed by atoms with Crippen molar-refractivity contribution >= 4 is 23.2 Å². The fourth-order valence-corrected chi connectivity index (χ4v) is 2.56. The predicted octanol–water partition coefficient (Wildman–Crippen LogP) is 4.49. The highest BCUT2D eigenvalue weighted by Crippen LogP contribution is 2.25. The molecule has 1 heterocycles. The van der Waals surface area contributed by atoms with Gasteiger partial charge in [-0.3, -0.25) is 0 Å². The van der Waals surface area contributed by atoms with Crippen molar-refractivity contribution in [3.63, 3.8) is 0 Å². The maximum Gasteiger partial charge on any atom is 0.0664 e. The molecule has 1 aromatic heterocycles. The van der Waals surface area contributed by atoms with E-state index in [9.17, 15) is 0 Å². The van der Waals surface area contributed by atoms with Crippen molar-refractivity contribution in [3.05, 3.63) is 45.7 Å². The second-order valence-corrected chi connectivity index (χ2v) is 6.32. The van der Waals surface area contributed by atoms with Crippen molar-refractivity contribution in [2.45, 2.75) is 33.7 Å². The lowest BCUT2D eigenvalue weighted by Gasteiger charge is -2.10. The van der Waals surface area contributed by atoms with Gasteiger partial charge >= 0.3 is 0 Å². The number of nitrogens with zero attached hydrogens (tertiary/aromatic N) is 2. The fourth-order valence-electron chi connectivity index (χ4n) is 2.27. The van der Waals surface area contributed by atoms with E-state index >= 15 is 0 Å². The molecule has 0 spiro atoms. The Morgan fingerprint density at radius 2 is 2.00 bits per heavy atom. The molecule has 21 heavy (non-hydrogen) atoms. The zero-order valence-corrected chi connectivity index (χ0v) is 14.2. The molecule has 2 rings (SSSR count). The molecule has 114 valence electrons. The molecule has 0 unspecified atom stereocenters. The molecule has 5 heteroatoms. The third-order valence-corrected chi connectivity index (χ3v) is 4.05. The first-order valence-electron chi connectivity index (χ1n) is 7.24. The van der Waals surface area contributed by atoms with Crippen LogP contribution >= 0.6 is 23.2 Å². The number of benzene rings is 1. The zero-order chi connectivity index (χ0) is 15.4. The van der Waals surface area contributed by atoms with Gasteiger partial charge in [0.15, 0.2) is 0 Å². The van der Waals surface area contributed by atoms with Gasteiger partial charge in [0.25, 0.3) is 0 Å². The summed E-state index contributed by atoms with van der Waals surface area (Å²) >= 11 is 12.1. The van der Waals surface area contributed by atoms with Gasteiger partial charge in [-0.15, -0.1) is 0 Å². The summed E-state index contributed by atoms with van der Waals surface area (Å²) in [6.45, 7) is 8.38. The van der Waals surface area contributed by atoms with Gasteiger partial charge in [-0.05, 0) is 37.1 Å². The van der Waals surface area contributed by atoms with Gasteiger partial charge in [-0.25, -0.2) is 4.68 Å². The van der Waals surface area contributed by atoms with Crippen LogP contribution in [0.3, 0.4) is 0 Å². The minimum Gasteiger partial charge on any atom is -0.312 e. The molecule has 1 N–H and O–H groups in total. The molecule has 0 amide bonds. The third-order valence-electron chi connectivity index (χ3n) is 3.31. The van der Waals surface area contributed by atoms with E-state index in [1.54, 1.807) is 6.07 Å². The zero-order valence-electron chi connectivity index (χ0n) is 12.7. The van der Waals surface area contributed by atoms with E-state index in [2.05, 4.69) is 31.2 Å². The van der Waals surface area contributed by atoms with Crippen LogP contribution in [-0.4, -0.2) is 16.3 Å². The molecule has 0 aliphatic heterocycles. The molecule has 0 saturated heterocycles. The summed E-state index contributed by atoms with van der Waals surface area (Å²) in [5.41, 5.74) is 3.37. The summed E-state index contributed by atoms with van der Waals surface area (Å²) in [5.74, 6) is 0.639. The summed E-state index contributed by atoms with van der Waals surface area (Å²) in [5, 5.41) is 9.07. The first-order chi connectivity index (χ1) is 10.0. The van der Waals surface area contributed by atoms with Crippen LogP contribution in [0.15, 0.2) is 24.4 Å². The number of rotatable bonds is 6. The average Bonchev–Trinajstić information content (AvgIpc) is 2.84. The molecule has 1 aromatic carbocycles. The Kier molecular flexibility index (Phi) is 5.68. The van der Waals surface area contributed by atoms with E-state index < -0.39 is 0 Å².